The number of methoxy groups -OCH3 is 1. The fourth-order valence-corrected chi connectivity index (χ4v) is 3.16. The topological polar surface area (TPSA) is 44.5 Å². The molecule has 2 aromatic carbocycles. The second-order valence-corrected chi connectivity index (χ2v) is 6.36. The van der Waals surface area contributed by atoms with E-state index in [1.54, 1.807) is 7.11 Å². The molecule has 0 radical (unpaired) electrons. The highest BCUT2D eigenvalue weighted by atomic mass is 16.5. The lowest BCUT2D eigenvalue weighted by atomic mass is 9.98. The monoisotopic (exact) mass is 335 g/mol. The molecule has 0 spiro atoms. The van der Waals surface area contributed by atoms with Crippen LogP contribution in [0.15, 0.2) is 48.5 Å². The number of ether oxygens (including phenoxy) is 2. The maximum Gasteiger partial charge on any atom is 0.161 e. The quantitative estimate of drug-likeness (QED) is 0.836. The Labute approximate surface area is 150 Å². The molecule has 2 N–H and O–H groups in total. The van der Waals surface area contributed by atoms with Crippen molar-refractivity contribution >= 4 is 0 Å². The van der Waals surface area contributed by atoms with E-state index in [2.05, 4.69) is 11.8 Å². The van der Waals surface area contributed by atoms with Gasteiger partial charge in [0.2, 0.25) is 0 Å². The van der Waals surface area contributed by atoms with Crippen LogP contribution in [0.4, 0.5) is 0 Å². The standard InChI is InChI=1S/C22H25NO2/c1-24-21-14-13-18(15-22(21)25-20-9-5-6-10-20)19(16-23)12-11-17-7-3-2-4-8-17/h2-4,7-8,13-15,19-20H,5-6,9-10,16,23H2,1H3/t19-/m1/s1. The van der Waals surface area contributed by atoms with Crippen LogP contribution in [0.25, 0.3) is 0 Å². The molecule has 1 fully saturated rings. The Morgan fingerprint density at radius 2 is 1.84 bits per heavy atom. The molecule has 0 unspecified atom stereocenters. The molecule has 1 aliphatic rings. The molecule has 1 atom stereocenters. The second kappa shape index (κ2) is 8.60. The fraction of sp³-hybridized carbons (Fsp3) is 0.364. The second-order valence-electron chi connectivity index (χ2n) is 6.36. The lowest BCUT2D eigenvalue weighted by molar-refractivity contribution is 0.200. The lowest BCUT2D eigenvalue weighted by Gasteiger charge is -2.18. The highest BCUT2D eigenvalue weighted by Crippen LogP contribution is 2.34. The van der Waals surface area contributed by atoms with Gasteiger partial charge in [-0.25, -0.2) is 0 Å². The molecule has 0 saturated heterocycles. The van der Waals surface area contributed by atoms with Crippen LogP contribution in [0, 0.1) is 11.8 Å². The summed E-state index contributed by atoms with van der Waals surface area (Å²) in [5.41, 5.74) is 8.04. The van der Waals surface area contributed by atoms with Crippen molar-refractivity contribution in [2.24, 2.45) is 5.73 Å². The van der Waals surface area contributed by atoms with Crippen LogP contribution in [0.5, 0.6) is 11.5 Å². The normalized spacial score (nSPS) is 15.3. The van der Waals surface area contributed by atoms with E-state index in [1.807, 2.05) is 48.5 Å². The summed E-state index contributed by atoms with van der Waals surface area (Å²) in [6.07, 6.45) is 4.99. The number of rotatable bonds is 5. The molecule has 0 aliphatic heterocycles. The third-order valence-corrected chi connectivity index (χ3v) is 4.59. The molecule has 0 heterocycles. The fourth-order valence-electron chi connectivity index (χ4n) is 3.16. The Hall–Kier alpha value is -2.44. The first-order valence-electron chi connectivity index (χ1n) is 8.91. The van der Waals surface area contributed by atoms with Gasteiger partial charge in [0.15, 0.2) is 11.5 Å². The Bertz CT molecular complexity index is 740. The Morgan fingerprint density at radius 3 is 2.52 bits per heavy atom. The van der Waals surface area contributed by atoms with Crippen molar-refractivity contribution in [3.8, 4) is 23.3 Å². The summed E-state index contributed by atoms with van der Waals surface area (Å²) >= 11 is 0. The summed E-state index contributed by atoms with van der Waals surface area (Å²) in [6.45, 7) is 0.467. The minimum absolute atomic E-state index is 0.0305. The van der Waals surface area contributed by atoms with Crippen LogP contribution in [-0.4, -0.2) is 19.8 Å². The molecule has 1 saturated carbocycles. The summed E-state index contributed by atoms with van der Waals surface area (Å²) in [4.78, 5) is 0. The van der Waals surface area contributed by atoms with Crippen molar-refractivity contribution in [1.29, 1.82) is 0 Å². The lowest BCUT2D eigenvalue weighted by Crippen LogP contribution is -2.14. The van der Waals surface area contributed by atoms with Gasteiger partial charge in [-0.2, -0.15) is 0 Å². The van der Waals surface area contributed by atoms with Gasteiger partial charge in [0, 0.05) is 12.1 Å². The van der Waals surface area contributed by atoms with Crippen LogP contribution >= 0.6 is 0 Å². The smallest absolute Gasteiger partial charge is 0.161 e. The average molecular weight is 335 g/mol. The first kappa shape index (κ1) is 17.4. The number of nitrogens with two attached hydrogens (primary N) is 1. The minimum atomic E-state index is -0.0305. The van der Waals surface area contributed by atoms with E-state index >= 15 is 0 Å². The van der Waals surface area contributed by atoms with Crippen LogP contribution in [-0.2, 0) is 0 Å². The number of hydrogen-bond acceptors (Lipinski definition) is 3. The van der Waals surface area contributed by atoms with E-state index in [1.165, 1.54) is 12.8 Å². The third-order valence-electron chi connectivity index (χ3n) is 4.59. The third kappa shape index (κ3) is 4.55. The van der Waals surface area contributed by atoms with Gasteiger partial charge < -0.3 is 15.2 Å². The number of hydrogen-bond donors (Lipinski definition) is 1. The van der Waals surface area contributed by atoms with Gasteiger partial charge in [-0.3, -0.25) is 0 Å². The van der Waals surface area contributed by atoms with Crippen LogP contribution < -0.4 is 15.2 Å². The molecule has 0 aromatic heterocycles. The predicted molar refractivity (Wildman–Crippen MR) is 101 cm³/mol. The van der Waals surface area contributed by atoms with E-state index < -0.39 is 0 Å². The average Bonchev–Trinajstić information content (AvgIpc) is 3.16. The van der Waals surface area contributed by atoms with Crippen molar-refractivity contribution in [2.45, 2.75) is 37.7 Å². The maximum atomic E-state index is 6.18. The molecule has 130 valence electrons. The van der Waals surface area contributed by atoms with E-state index in [-0.39, 0.29) is 12.0 Å². The van der Waals surface area contributed by atoms with E-state index in [4.69, 9.17) is 15.2 Å². The van der Waals surface area contributed by atoms with E-state index in [9.17, 15) is 0 Å². The highest BCUT2D eigenvalue weighted by Gasteiger charge is 2.19. The van der Waals surface area contributed by atoms with Gasteiger partial charge in [0.05, 0.1) is 19.1 Å². The Morgan fingerprint density at radius 1 is 1.08 bits per heavy atom. The molecule has 1 aliphatic carbocycles. The van der Waals surface area contributed by atoms with Gasteiger partial charge in [-0.15, -0.1) is 0 Å². The SMILES string of the molecule is COc1ccc([C@H](C#Cc2ccccc2)CN)cc1OC1CCCC1. The van der Waals surface area contributed by atoms with E-state index in [0.29, 0.717) is 6.54 Å². The largest absolute Gasteiger partial charge is 0.493 e. The van der Waals surface area contributed by atoms with Crippen molar-refractivity contribution in [1.82, 2.24) is 0 Å². The molecule has 3 nitrogen and oxygen atoms in total. The zero-order valence-electron chi connectivity index (χ0n) is 14.7. The molecule has 3 rings (SSSR count). The molecule has 25 heavy (non-hydrogen) atoms. The van der Waals surface area contributed by atoms with Crippen molar-refractivity contribution in [2.75, 3.05) is 13.7 Å². The summed E-state index contributed by atoms with van der Waals surface area (Å²) in [6, 6.07) is 16.0. The molecule has 0 bridgehead atoms. The summed E-state index contributed by atoms with van der Waals surface area (Å²) < 4.78 is 11.6. The van der Waals surface area contributed by atoms with Crippen LogP contribution in [0.2, 0.25) is 0 Å². The first-order valence-corrected chi connectivity index (χ1v) is 8.91. The molecule has 3 heteroatoms. The zero-order valence-corrected chi connectivity index (χ0v) is 14.7. The van der Waals surface area contributed by atoms with Crippen molar-refractivity contribution in [3.05, 3.63) is 59.7 Å². The van der Waals surface area contributed by atoms with Gasteiger partial charge in [0.25, 0.3) is 0 Å². The summed E-state index contributed by atoms with van der Waals surface area (Å²) in [7, 11) is 1.67. The molecular formula is C22H25NO2. The van der Waals surface area contributed by atoms with Gasteiger partial charge in [-0.1, -0.05) is 36.1 Å². The highest BCUT2D eigenvalue weighted by molar-refractivity contribution is 5.47. The molecule has 0 amide bonds. The van der Waals surface area contributed by atoms with Gasteiger partial charge in [0.1, 0.15) is 0 Å². The predicted octanol–water partition coefficient (Wildman–Crippen LogP) is 4.11. The van der Waals surface area contributed by atoms with Gasteiger partial charge >= 0.3 is 0 Å². The Kier molecular flexibility index (Phi) is 5.98. The number of benzene rings is 2. The van der Waals surface area contributed by atoms with Crippen LogP contribution in [0.3, 0.4) is 0 Å². The van der Waals surface area contributed by atoms with Gasteiger partial charge in [-0.05, 0) is 55.5 Å². The molecular weight excluding hydrogens is 310 g/mol. The van der Waals surface area contributed by atoms with E-state index in [0.717, 1.165) is 35.5 Å². The van der Waals surface area contributed by atoms with Crippen LogP contribution in [0.1, 0.15) is 42.7 Å². The zero-order chi connectivity index (χ0) is 17.5. The first-order chi connectivity index (χ1) is 12.3. The van der Waals surface area contributed by atoms with Crippen molar-refractivity contribution < 1.29 is 9.47 Å². The Balaban J connectivity index is 1.83. The maximum absolute atomic E-state index is 6.18. The van der Waals surface area contributed by atoms with Crippen molar-refractivity contribution in [3.63, 3.8) is 0 Å². The summed E-state index contributed by atoms with van der Waals surface area (Å²) in [5.74, 6) is 8.04. The summed E-state index contributed by atoms with van der Waals surface area (Å²) in [5, 5.41) is 0. The minimum Gasteiger partial charge on any atom is -0.493 e. The molecule has 2 aromatic rings.